The summed E-state index contributed by atoms with van der Waals surface area (Å²) in [4.78, 5) is 0. The molecule has 0 bridgehead atoms. The van der Waals surface area contributed by atoms with Crippen LogP contribution in [0.25, 0.3) is 0 Å². The third-order valence-corrected chi connectivity index (χ3v) is 1.54. The number of benzene rings is 1. The van der Waals surface area contributed by atoms with E-state index in [-0.39, 0.29) is 11.3 Å². The summed E-state index contributed by atoms with van der Waals surface area (Å²) in [6, 6.07) is 2.42. The molecule has 0 aromatic heterocycles. The zero-order chi connectivity index (χ0) is 10.9. The van der Waals surface area contributed by atoms with Crippen molar-refractivity contribution in [1.29, 1.82) is 0 Å². The van der Waals surface area contributed by atoms with E-state index in [1.54, 1.807) is 0 Å². The summed E-state index contributed by atoms with van der Waals surface area (Å²) in [5.74, 6) is -2.07. The van der Waals surface area contributed by atoms with Crippen LogP contribution in [0, 0.1) is 12.7 Å². The molecule has 0 aliphatic carbocycles. The Kier molecular flexibility index (Phi) is 2.55. The molecular weight excluding hydrogens is 202 g/mol. The molecular formula is C8H7F4NO. The zero-order valence-corrected chi connectivity index (χ0v) is 7.15. The highest BCUT2D eigenvalue weighted by Gasteiger charge is 2.33. The summed E-state index contributed by atoms with van der Waals surface area (Å²) in [7, 11) is 0. The number of rotatable bonds is 1. The number of alkyl halides is 3. The number of halogens is 4. The minimum absolute atomic E-state index is 0.0402. The predicted molar refractivity (Wildman–Crippen MR) is 42.2 cm³/mol. The van der Waals surface area contributed by atoms with Crippen LogP contribution in [0.3, 0.4) is 0 Å². The van der Waals surface area contributed by atoms with Crippen LogP contribution >= 0.6 is 0 Å². The van der Waals surface area contributed by atoms with Crippen molar-refractivity contribution in [1.82, 2.24) is 0 Å². The molecule has 0 aliphatic rings. The maximum Gasteiger partial charge on any atom is 0.573 e. The Balaban J connectivity index is 3.13. The van der Waals surface area contributed by atoms with E-state index in [0.717, 1.165) is 6.07 Å². The minimum atomic E-state index is -4.94. The van der Waals surface area contributed by atoms with Gasteiger partial charge in [-0.25, -0.2) is 4.39 Å². The SMILES string of the molecule is Cc1ccc(N)c(OC(F)(F)F)c1F. The van der Waals surface area contributed by atoms with Gasteiger partial charge < -0.3 is 10.5 Å². The van der Waals surface area contributed by atoms with Crippen LogP contribution in [0.1, 0.15) is 5.56 Å². The summed E-state index contributed by atoms with van der Waals surface area (Å²) in [6.45, 7) is 1.32. The first-order valence-electron chi connectivity index (χ1n) is 3.61. The first-order valence-corrected chi connectivity index (χ1v) is 3.61. The van der Waals surface area contributed by atoms with Crippen molar-refractivity contribution < 1.29 is 22.3 Å². The molecule has 6 heteroatoms. The monoisotopic (exact) mass is 209 g/mol. The second-order valence-electron chi connectivity index (χ2n) is 2.66. The van der Waals surface area contributed by atoms with Crippen molar-refractivity contribution in [2.75, 3.05) is 5.73 Å². The van der Waals surface area contributed by atoms with Crippen LogP contribution in [0.5, 0.6) is 5.75 Å². The van der Waals surface area contributed by atoms with Crippen molar-refractivity contribution in [2.45, 2.75) is 13.3 Å². The summed E-state index contributed by atoms with van der Waals surface area (Å²) in [5, 5.41) is 0. The molecule has 1 aromatic carbocycles. The van der Waals surface area contributed by atoms with Gasteiger partial charge in [0.15, 0.2) is 11.6 Å². The topological polar surface area (TPSA) is 35.2 Å². The van der Waals surface area contributed by atoms with E-state index in [2.05, 4.69) is 4.74 Å². The van der Waals surface area contributed by atoms with Gasteiger partial charge in [0.05, 0.1) is 5.69 Å². The molecule has 0 saturated carbocycles. The van der Waals surface area contributed by atoms with Crippen molar-refractivity contribution in [3.63, 3.8) is 0 Å². The van der Waals surface area contributed by atoms with Gasteiger partial charge in [-0.05, 0) is 18.6 Å². The van der Waals surface area contributed by atoms with E-state index in [9.17, 15) is 17.6 Å². The molecule has 14 heavy (non-hydrogen) atoms. The number of aryl methyl sites for hydroxylation is 1. The predicted octanol–water partition coefficient (Wildman–Crippen LogP) is 2.61. The Morgan fingerprint density at radius 3 is 2.36 bits per heavy atom. The lowest BCUT2D eigenvalue weighted by atomic mass is 10.2. The van der Waals surface area contributed by atoms with Gasteiger partial charge in [0.25, 0.3) is 0 Å². The molecule has 0 fully saturated rings. The Labute approximate surface area is 77.3 Å². The van der Waals surface area contributed by atoms with Gasteiger partial charge in [0.2, 0.25) is 0 Å². The average molecular weight is 209 g/mol. The van der Waals surface area contributed by atoms with E-state index in [4.69, 9.17) is 5.73 Å². The van der Waals surface area contributed by atoms with Crippen molar-refractivity contribution >= 4 is 5.69 Å². The molecule has 0 saturated heterocycles. The molecule has 2 N–H and O–H groups in total. The molecule has 1 rings (SSSR count). The number of ether oxygens (including phenoxy) is 1. The first-order chi connectivity index (χ1) is 6.31. The molecule has 0 amide bonds. The van der Waals surface area contributed by atoms with Crippen LogP contribution in [0.15, 0.2) is 12.1 Å². The van der Waals surface area contributed by atoms with Crippen molar-refractivity contribution in [2.24, 2.45) is 0 Å². The van der Waals surface area contributed by atoms with E-state index < -0.39 is 17.9 Å². The van der Waals surface area contributed by atoms with E-state index in [0.29, 0.717) is 0 Å². The Morgan fingerprint density at radius 2 is 1.86 bits per heavy atom. The Bertz CT molecular complexity index is 348. The van der Waals surface area contributed by atoms with E-state index in [1.807, 2.05) is 0 Å². The first kappa shape index (κ1) is 10.6. The molecule has 0 unspecified atom stereocenters. The Hall–Kier alpha value is -1.46. The summed E-state index contributed by atoms with van der Waals surface area (Å²) in [6.07, 6.45) is -4.94. The van der Waals surface area contributed by atoms with E-state index in [1.165, 1.54) is 13.0 Å². The zero-order valence-electron chi connectivity index (χ0n) is 7.15. The maximum absolute atomic E-state index is 13.1. The number of nitrogens with two attached hydrogens (primary N) is 1. The smallest absolute Gasteiger partial charge is 0.400 e. The molecule has 78 valence electrons. The van der Waals surface area contributed by atoms with Gasteiger partial charge in [0, 0.05) is 0 Å². The normalized spacial score (nSPS) is 11.5. The minimum Gasteiger partial charge on any atom is -0.400 e. The molecule has 0 atom stereocenters. The van der Waals surface area contributed by atoms with Crippen molar-refractivity contribution in [3.05, 3.63) is 23.5 Å². The quantitative estimate of drug-likeness (QED) is 0.570. The van der Waals surface area contributed by atoms with Gasteiger partial charge in [0.1, 0.15) is 0 Å². The summed E-state index contributed by atoms with van der Waals surface area (Å²) >= 11 is 0. The fourth-order valence-electron chi connectivity index (χ4n) is 0.889. The van der Waals surface area contributed by atoms with Gasteiger partial charge in [-0.1, -0.05) is 6.07 Å². The molecule has 0 heterocycles. The molecule has 2 nitrogen and oxygen atoms in total. The van der Waals surface area contributed by atoms with Crippen LogP contribution in [-0.4, -0.2) is 6.36 Å². The largest absolute Gasteiger partial charge is 0.573 e. The average Bonchev–Trinajstić information content (AvgIpc) is 2.04. The second kappa shape index (κ2) is 3.36. The standard InChI is InChI=1S/C8H7F4NO/c1-4-2-3-5(13)7(6(4)9)14-8(10,11)12/h2-3H,13H2,1H3. The number of nitrogen functional groups attached to an aromatic ring is 1. The molecule has 0 spiro atoms. The highest BCUT2D eigenvalue weighted by atomic mass is 19.4. The number of anilines is 1. The second-order valence-corrected chi connectivity index (χ2v) is 2.66. The lowest BCUT2D eigenvalue weighted by Crippen LogP contribution is -2.19. The van der Waals surface area contributed by atoms with Gasteiger partial charge >= 0.3 is 6.36 Å². The van der Waals surface area contributed by atoms with Crippen LogP contribution in [0.2, 0.25) is 0 Å². The molecule has 0 aliphatic heterocycles. The summed E-state index contributed by atoms with van der Waals surface area (Å²) in [5.41, 5.74) is 4.79. The maximum atomic E-state index is 13.1. The number of hydrogen-bond acceptors (Lipinski definition) is 2. The third kappa shape index (κ3) is 2.27. The third-order valence-electron chi connectivity index (χ3n) is 1.54. The van der Waals surface area contributed by atoms with Crippen LogP contribution in [0.4, 0.5) is 23.2 Å². The van der Waals surface area contributed by atoms with Crippen LogP contribution in [-0.2, 0) is 0 Å². The van der Waals surface area contributed by atoms with Gasteiger partial charge in [-0.3, -0.25) is 0 Å². The van der Waals surface area contributed by atoms with Crippen molar-refractivity contribution in [3.8, 4) is 5.75 Å². The van der Waals surface area contributed by atoms with E-state index >= 15 is 0 Å². The van der Waals surface area contributed by atoms with Gasteiger partial charge in [-0.15, -0.1) is 13.2 Å². The number of hydrogen-bond donors (Lipinski definition) is 1. The lowest BCUT2D eigenvalue weighted by Gasteiger charge is -2.12. The molecule has 1 aromatic rings. The van der Waals surface area contributed by atoms with Crippen LogP contribution < -0.4 is 10.5 Å². The molecule has 0 radical (unpaired) electrons. The highest BCUT2D eigenvalue weighted by Crippen LogP contribution is 2.32. The summed E-state index contributed by atoms with van der Waals surface area (Å²) < 4.78 is 51.9. The fourth-order valence-corrected chi connectivity index (χ4v) is 0.889. The Morgan fingerprint density at radius 1 is 1.29 bits per heavy atom. The highest BCUT2D eigenvalue weighted by molar-refractivity contribution is 5.54. The lowest BCUT2D eigenvalue weighted by molar-refractivity contribution is -0.275. The fraction of sp³-hybridized carbons (Fsp3) is 0.250. The van der Waals surface area contributed by atoms with Gasteiger partial charge in [-0.2, -0.15) is 0 Å².